The van der Waals surface area contributed by atoms with Gasteiger partial charge < -0.3 is 10.2 Å². The smallest absolute Gasteiger partial charge is 0.251 e. The predicted molar refractivity (Wildman–Crippen MR) is 127 cm³/mol. The molecule has 1 saturated carbocycles. The Morgan fingerprint density at radius 1 is 1.13 bits per heavy atom. The Morgan fingerprint density at radius 3 is 2.71 bits per heavy atom. The summed E-state index contributed by atoms with van der Waals surface area (Å²) < 4.78 is 0. The number of hydrogen-bond donors (Lipinski definition) is 1. The fraction of sp³-hybridized carbons (Fsp3) is 0.464. The van der Waals surface area contributed by atoms with Gasteiger partial charge in [0.2, 0.25) is 0 Å². The highest BCUT2D eigenvalue weighted by molar-refractivity contribution is 5.94. The van der Waals surface area contributed by atoms with Crippen molar-refractivity contribution in [3.05, 3.63) is 76.9 Å². The molecule has 1 amide bonds. The van der Waals surface area contributed by atoms with E-state index < -0.39 is 0 Å². The van der Waals surface area contributed by atoms with Gasteiger partial charge >= 0.3 is 0 Å². The zero-order valence-corrected chi connectivity index (χ0v) is 18.8. The van der Waals surface area contributed by atoms with Crippen molar-refractivity contribution < 1.29 is 4.79 Å². The van der Waals surface area contributed by atoms with Crippen LogP contribution in [0, 0.1) is 5.92 Å². The summed E-state index contributed by atoms with van der Waals surface area (Å²) in [6.45, 7) is 7.45. The molecule has 5 rings (SSSR count). The van der Waals surface area contributed by atoms with E-state index in [9.17, 15) is 4.79 Å². The lowest BCUT2D eigenvalue weighted by molar-refractivity contribution is 0.0898. The van der Waals surface area contributed by atoms with Crippen LogP contribution in [0.25, 0.3) is 6.08 Å². The number of nitrogens with one attached hydrogen (secondary N) is 1. The number of amides is 1. The summed E-state index contributed by atoms with van der Waals surface area (Å²) in [6.07, 6.45) is 9.85. The van der Waals surface area contributed by atoms with E-state index in [0.717, 1.165) is 5.56 Å². The van der Waals surface area contributed by atoms with Gasteiger partial charge in [-0.05, 0) is 79.8 Å². The molecule has 162 valence electrons. The van der Waals surface area contributed by atoms with Crippen LogP contribution >= 0.6 is 0 Å². The average molecular weight is 415 g/mol. The second-order valence-corrected chi connectivity index (χ2v) is 9.75. The van der Waals surface area contributed by atoms with Crippen molar-refractivity contribution in [1.29, 1.82) is 0 Å². The molecule has 2 aliphatic carbocycles. The van der Waals surface area contributed by atoms with E-state index in [4.69, 9.17) is 0 Å². The van der Waals surface area contributed by atoms with Crippen molar-refractivity contribution in [1.82, 2.24) is 10.2 Å². The number of piperidine rings is 1. The molecule has 3 unspecified atom stereocenters. The molecule has 4 atom stereocenters. The van der Waals surface area contributed by atoms with Gasteiger partial charge in [-0.3, -0.25) is 4.79 Å². The molecule has 3 aliphatic rings. The van der Waals surface area contributed by atoms with E-state index in [1.165, 1.54) is 49.9 Å². The number of allylic oxidation sites excluding steroid dienone is 1. The molecule has 0 aromatic heterocycles. The molecule has 3 heteroatoms. The molecule has 31 heavy (non-hydrogen) atoms. The third-order valence-electron chi connectivity index (χ3n) is 8.13. The molecule has 3 nitrogen and oxygen atoms in total. The van der Waals surface area contributed by atoms with Gasteiger partial charge in [0.1, 0.15) is 0 Å². The summed E-state index contributed by atoms with van der Waals surface area (Å²) >= 11 is 0. The number of rotatable bonds is 4. The highest BCUT2D eigenvalue weighted by atomic mass is 16.1. The van der Waals surface area contributed by atoms with Gasteiger partial charge in [0.15, 0.2) is 0 Å². The number of carbonyl (C=O) groups excluding carboxylic acids is 1. The van der Waals surface area contributed by atoms with E-state index in [1.54, 1.807) is 5.56 Å². The lowest BCUT2D eigenvalue weighted by Gasteiger charge is -2.46. The Kier molecular flexibility index (Phi) is 5.47. The van der Waals surface area contributed by atoms with E-state index in [-0.39, 0.29) is 11.3 Å². The average Bonchev–Trinajstić information content (AvgIpc) is 3.43. The van der Waals surface area contributed by atoms with Crippen molar-refractivity contribution in [2.45, 2.75) is 56.9 Å². The minimum Gasteiger partial charge on any atom is -0.352 e. The van der Waals surface area contributed by atoms with E-state index in [0.29, 0.717) is 24.4 Å². The second-order valence-electron chi connectivity index (χ2n) is 9.75. The second kappa shape index (κ2) is 8.27. The van der Waals surface area contributed by atoms with E-state index in [2.05, 4.69) is 65.7 Å². The van der Waals surface area contributed by atoms with Crippen LogP contribution in [0.5, 0.6) is 0 Å². The zero-order chi connectivity index (χ0) is 21.4. The quantitative estimate of drug-likeness (QED) is 0.729. The molecule has 0 bridgehead atoms. The molecule has 1 aliphatic heterocycles. The van der Waals surface area contributed by atoms with Gasteiger partial charge in [-0.25, -0.2) is 0 Å². The SMILES string of the molecule is CCNC(=O)c1ccc(C2CCC(N3CCC4(C=Cc5ccccc54)[C@@H](C)C3)C2)cc1. The van der Waals surface area contributed by atoms with Gasteiger partial charge in [-0.15, -0.1) is 0 Å². The Balaban J connectivity index is 1.23. The first-order chi connectivity index (χ1) is 15.1. The number of carbonyl (C=O) groups is 1. The van der Waals surface area contributed by atoms with Gasteiger partial charge in [0.25, 0.3) is 5.91 Å². The summed E-state index contributed by atoms with van der Waals surface area (Å²) in [5, 5.41) is 2.88. The minimum absolute atomic E-state index is 0.0251. The lowest BCUT2D eigenvalue weighted by Crippen LogP contribution is -2.50. The van der Waals surface area contributed by atoms with Gasteiger partial charge in [0, 0.05) is 30.1 Å². The maximum Gasteiger partial charge on any atom is 0.251 e. The predicted octanol–water partition coefficient (Wildman–Crippen LogP) is 5.38. The summed E-state index contributed by atoms with van der Waals surface area (Å²) in [4.78, 5) is 14.8. The molecule has 2 aromatic carbocycles. The van der Waals surface area contributed by atoms with Crippen LogP contribution in [-0.2, 0) is 5.41 Å². The Labute approximate surface area is 186 Å². The van der Waals surface area contributed by atoms with Gasteiger partial charge in [0.05, 0.1) is 0 Å². The molecule has 1 saturated heterocycles. The molecule has 1 spiro atoms. The fourth-order valence-electron chi connectivity index (χ4n) is 6.32. The van der Waals surface area contributed by atoms with Crippen molar-refractivity contribution in [3.63, 3.8) is 0 Å². The van der Waals surface area contributed by atoms with Crippen molar-refractivity contribution in [2.75, 3.05) is 19.6 Å². The first-order valence-electron chi connectivity index (χ1n) is 12.0. The Bertz CT molecular complexity index is 979. The van der Waals surface area contributed by atoms with Crippen molar-refractivity contribution in [2.24, 2.45) is 5.92 Å². The number of likely N-dealkylation sites (tertiary alicyclic amines) is 1. The number of fused-ring (bicyclic) bond motifs is 2. The lowest BCUT2D eigenvalue weighted by atomic mass is 9.68. The van der Waals surface area contributed by atoms with Crippen LogP contribution < -0.4 is 5.32 Å². The molecule has 2 fully saturated rings. The first-order valence-corrected chi connectivity index (χ1v) is 12.0. The van der Waals surface area contributed by atoms with Gasteiger partial charge in [-0.1, -0.05) is 55.5 Å². The van der Waals surface area contributed by atoms with E-state index >= 15 is 0 Å². The molecular formula is C28H34N2O. The maximum absolute atomic E-state index is 12.0. The third-order valence-corrected chi connectivity index (χ3v) is 8.13. The number of hydrogen-bond acceptors (Lipinski definition) is 2. The van der Waals surface area contributed by atoms with Gasteiger partial charge in [-0.2, -0.15) is 0 Å². The minimum atomic E-state index is 0.0251. The van der Waals surface area contributed by atoms with Crippen LogP contribution in [0.3, 0.4) is 0 Å². The fourth-order valence-corrected chi connectivity index (χ4v) is 6.32. The third kappa shape index (κ3) is 3.63. The van der Waals surface area contributed by atoms with E-state index in [1.807, 2.05) is 19.1 Å². The summed E-state index contributed by atoms with van der Waals surface area (Å²) in [7, 11) is 0. The monoisotopic (exact) mass is 414 g/mol. The van der Waals surface area contributed by atoms with Crippen LogP contribution in [0.4, 0.5) is 0 Å². The highest BCUT2D eigenvalue weighted by Gasteiger charge is 2.45. The van der Waals surface area contributed by atoms with Crippen LogP contribution in [0.2, 0.25) is 0 Å². The number of benzene rings is 2. The summed E-state index contributed by atoms with van der Waals surface area (Å²) in [5.41, 5.74) is 5.35. The standard InChI is InChI=1S/C28H34N2O/c1-3-29-27(31)23-10-8-21(9-11-23)24-12-13-25(18-24)30-17-16-28(20(2)19-30)15-14-22-6-4-5-7-26(22)28/h4-11,14-15,20,24-25H,3,12-13,16-19H2,1-2H3,(H,29,31)/t20-,24?,25?,28?/m0/s1. The topological polar surface area (TPSA) is 32.3 Å². The summed E-state index contributed by atoms with van der Waals surface area (Å²) in [6, 6.07) is 18.0. The Hall–Kier alpha value is -2.39. The molecule has 0 radical (unpaired) electrons. The van der Waals surface area contributed by atoms with Crippen molar-refractivity contribution >= 4 is 12.0 Å². The normalized spacial score (nSPS) is 29.9. The largest absolute Gasteiger partial charge is 0.352 e. The Morgan fingerprint density at radius 2 is 1.94 bits per heavy atom. The maximum atomic E-state index is 12.0. The van der Waals surface area contributed by atoms with Crippen molar-refractivity contribution in [3.8, 4) is 0 Å². The van der Waals surface area contributed by atoms with Crippen LogP contribution in [-0.4, -0.2) is 36.5 Å². The number of nitrogens with zero attached hydrogens (tertiary/aromatic N) is 1. The summed E-state index contributed by atoms with van der Waals surface area (Å²) in [5.74, 6) is 1.28. The first kappa shape index (κ1) is 20.5. The van der Waals surface area contributed by atoms with Crippen LogP contribution in [0.15, 0.2) is 54.6 Å². The molecule has 1 heterocycles. The zero-order valence-electron chi connectivity index (χ0n) is 18.8. The highest BCUT2D eigenvalue weighted by Crippen LogP contribution is 2.48. The molecule has 1 N–H and O–H groups in total. The van der Waals surface area contributed by atoms with Crippen LogP contribution in [0.1, 0.15) is 72.5 Å². The molecular weight excluding hydrogens is 380 g/mol. The molecule has 2 aromatic rings.